The third kappa shape index (κ3) is 2.45. The molecule has 0 aliphatic heterocycles. The van der Waals surface area contributed by atoms with Gasteiger partial charge in [-0.25, -0.2) is 0 Å². The minimum absolute atomic E-state index is 0.404. The lowest BCUT2D eigenvalue weighted by molar-refractivity contribution is 0.416. The number of hydrogen-bond donors (Lipinski definition) is 1. The molecule has 0 amide bonds. The van der Waals surface area contributed by atoms with Crippen LogP contribution in [0.3, 0.4) is 0 Å². The molecular weight excluding hydrogens is 230 g/mol. The van der Waals surface area contributed by atoms with Crippen LogP contribution in [0.5, 0.6) is 5.75 Å². The van der Waals surface area contributed by atoms with Gasteiger partial charge in [-0.2, -0.15) is 0 Å². The number of ether oxygens (including phenoxy) is 1. The highest BCUT2D eigenvalue weighted by Gasteiger charge is 2.05. The maximum Gasteiger partial charge on any atom is 0.126 e. The Morgan fingerprint density at radius 3 is 2.59 bits per heavy atom. The molecule has 0 aromatic heterocycles. The molecule has 0 heterocycles. The fourth-order valence-corrected chi connectivity index (χ4v) is 1.85. The van der Waals surface area contributed by atoms with Crippen LogP contribution in [-0.2, 0) is 0 Å². The zero-order valence-electron chi connectivity index (χ0n) is 9.51. The Kier molecular flexibility index (Phi) is 3.40. The second-order valence-corrected chi connectivity index (χ2v) is 4.09. The lowest BCUT2D eigenvalue weighted by Gasteiger charge is -2.09. The Hall–Kier alpha value is -1.87. The first-order chi connectivity index (χ1) is 8.22. The molecule has 0 aliphatic rings. The molecule has 0 atom stereocenters. The summed E-state index contributed by atoms with van der Waals surface area (Å²) in [6.07, 6.45) is 0. The monoisotopic (exact) mass is 243 g/mol. The molecule has 0 unspecified atom stereocenters. The van der Waals surface area contributed by atoms with Crippen molar-refractivity contribution in [3.63, 3.8) is 0 Å². The van der Waals surface area contributed by atoms with Gasteiger partial charge in [0.05, 0.1) is 7.11 Å². The van der Waals surface area contributed by atoms with Crippen LogP contribution in [0.2, 0.25) is 0 Å². The highest BCUT2D eigenvalue weighted by Crippen LogP contribution is 2.29. The molecule has 0 fully saturated rings. The molecule has 0 spiro atoms. The average molecular weight is 243 g/mol. The third-order valence-electron chi connectivity index (χ3n) is 2.57. The van der Waals surface area contributed by atoms with Crippen LogP contribution in [-0.4, -0.2) is 12.1 Å². The molecule has 2 aromatic carbocycles. The maximum atomic E-state index is 5.63. The first kappa shape index (κ1) is 11.6. The van der Waals surface area contributed by atoms with Gasteiger partial charge in [0.25, 0.3) is 0 Å². The normalized spacial score (nSPS) is 9.94. The molecule has 0 saturated heterocycles. The summed E-state index contributed by atoms with van der Waals surface area (Å²) in [4.78, 5) is 0.404. The number of hydrogen-bond acceptors (Lipinski definition) is 2. The molecule has 17 heavy (non-hydrogen) atoms. The summed E-state index contributed by atoms with van der Waals surface area (Å²) in [5.74, 6) is 0.840. The molecule has 2 aromatic rings. The van der Waals surface area contributed by atoms with Crippen LogP contribution in [0.4, 0.5) is 0 Å². The van der Waals surface area contributed by atoms with E-state index in [0.717, 1.165) is 22.4 Å². The Labute approximate surface area is 106 Å². The van der Waals surface area contributed by atoms with Crippen LogP contribution < -0.4 is 10.5 Å². The first-order valence-electron chi connectivity index (χ1n) is 5.25. The zero-order valence-corrected chi connectivity index (χ0v) is 10.3. The fraction of sp³-hybridized carbons (Fsp3) is 0.0714. The van der Waals surface area contributed by atoms with Crippen molar-refractivity contribution in [3.8, 4) is 16.9 Å². The van der Waals surface area contributed by atoms with Gasteiger partial charge in [-0.05, 0) is 17.7 Å². The van der Waals surface area contributed by atoms with Crippen LogP contribution in [0, 0.1) is 0 Å². The number of methoxy groups -OCH3 is 1. The van der Waals surface area contributed by atoms with Crippen LogP contribution in [0.25, 0.3) is 11.1 Å². The Bertz CT molecular complexity index is 551. The first-order valence-corrected chi connectivity index (χ1v) is 5.66. The van der Waals surface area contributed by atoms with E-state index in [9.17, 15) is 0 Å². The second-order valence-electron chi connectivity index (χ2n) is 3.65. The standard InChI is InChI=1S/C14H13NOS/c1-16-13-8-3-2-7-12(13)10-5-4-6-11(9-10)14(15)17/h2-9H,1H3,(H2,15,17). The van der Waals surface area contributed by atoms with Gasteiger partial charge in [-0.15, -0.1) is 0 Å². The van der Waals surface area contributed by atoms with Gasteiger partial charge in [0.1, 0.15) is 10.7 Å². The van der Waals surface area contributed by atoms with E-state index in [0.29, 0.717) is 4.99 Å². The Morgan fingerprint density at radius 1 is 1.12 bits per heavy atom. The molecule has 2 N–H and O–H groups in total. The third-order valence-corrected chi connectivity index (χ3v) is 2.80. The van der Waals surface area contributed by atoms with Gasteiger partial charge in [-0.1, -0.05) is 48.6 Å². The van der Waals surface area contributed by atoms with Crippen molar-refractivity contribution in [1.82, 2.24) is 0 Å². The highest BCUT2D eigenvalue weighted by molar-refractivity contribution is 7.80. The second kappa shape index (κ2) is 4.97. The molecule has 3 heteroatoms. The largest absolute Gasteiger partial charge is 0.496 e. The smallest absolute Gasteiger partial charge is 0.126 e. The Balaban J connectivity index is 2.52. The van der Waals surface area contributed by atoms with Crippen molar-refractivity contribution in [1.29, 1.82) is 0 Å². The lowest BCUT2D eigenvalue weighted by Crippen LogP contribution is -2.08. The number of benzene rings is 2. The SMILES string of the molecule is COc1ccccc1-c1cccc(C(N)=S)c1. The van der Waals surface area contributed by atoms with Crippen LogP contribution in [0.15, 0.2) is 48.5 Å². The van der Waals surface area contributed by atoms with Crippen molar-refractivity contribution in [2.45, 2.75) is 0 Å². The molecule has 0 saturated carbocycles. The van der Waals surface area contributed by atoms with E-state index in [-0.39, 0.29) is 0 Å². The zero-order chi connectivity index (χ0) is 12.3. The average Bonchev–Trinajstić information content (AvgIpc) is 2.39. The van der Waals surface area contributed by atoms with Crippen molar-refractivity contribution in [3.05, 3.63) is 54.1 Å². The van der Waals surface area contributed by atoms with E-state index in [1.807, 2.05) is 48.5 Å². The predicted octanol–water partition coefficient (Wildman–Crippen LogP) is 3.00. The molecule has 2 nitrogen and oxygen atoms in total. The lowest BCUT2D eigenvalue weighted by atomic mass is 10.0. The van der Waals surface area contributed by atoms with Crippen molar-refractivity contribution >= 4 is 17.2 Å². The molecule has 0 aliphatic carbocycles. The number of para-hydroxylation sites is 1. The van der Waals surface area contributed by atoms with Gasteiger partial charge in [-0.3, -0.25) is 0 Å². The summed E-state index contributed by atoms with van der Waals surface area (Å²) in [7, 11) is 1.66. The van der Waals surface area contributed by atoms with E-state index in [1.54, 1.807) is 7.11 Å². The highest BCUT2D eigenvalue weighted by atomic mass is 32.1. The predicted molar refractivity (Wildman–Crippen MR) is 74.3 cm³/mol. The molecular formula is C14H13NOS. The summed E-state index contributed by atoms with van der Waals surface area (Å²) in [5.41, 5.74) is 8.58. The van der Waals surface area contributed by atoms with Crippen LogP contribution >= 0.6 is 12.2 Å². The van der Waals surface area contributed by atoms with E-state index in [4.69, 9.17) is 22.7 Å². The number of thiocarbonyl (C=S) groups is 1. The van der Waals surface area contributed by atoms with Gasteiger partial charge >= 0.3 is 0 Å². The fourth-order valence-electron chi connectivity index (χ4n) is 1.72. The van der Waals surface area contributed by atoms with Gasteiger partial charge in [0.15, 0.2) is 0 Å². The Morgan fingerprint density at radius 2 is 1.88 bits per heavy atom. The molecule has 0 radical (unpaired) electrons. The topological polar surface area (TPSA) is 35.2 Å². The molecule has 0 bridgehead atoms. The van der Waals surface area contributed by atoms with Gasteiger partial charge in [0, 0.05) is 11.1 Å². The number of rotatable bonds is 3. The van der Waals surface area contributed by atoms with E-state index in [1.165, 1.54) is 0 Å². The van der Waals surface area contributed by atoms with Crippen molar-refractivity contribution < 1.29 is 4.74 Å². The minimum atomic E-state index is 0.404. The summed E-state index contributed by atoms with van der Waals surface area (Å²) in [6.45, 7) is 0. The van der Waals surface area contributed by atoms with Crippen LogP contribution in [0.1, 0.15) is 5.56 Å². The minimum Gasteiger partial charge on any atom is -0.496 e. The van der Waals surface area contributed by atoms with Gasteiger partial charge in [0.2, 0.25) is 0 Å². The molecule has 86 valence electrons. The van der Waals surface area contributed by atoms with Crippen molar-refractivity contribution in [2.75, 3.05) is 7.11 Å². The quantitative estimate of drug-likeness (QED) is 0.842. The summed E-state index contributed by atoms with van der Waals surface area (Å²) < 4.78 is 5.34. The van der Waals surface area contributed by atoms with E-state index < -0.39 is 0 Å². The van der Waals surface area contributed by atoms with Crippen molar-refractivity contribution in [2.24, 2.45) is 5.73 Å². The maximum absolute atomic E-state index is 5.63. The summed E-state index contributed by atoms with van der Waals surface area (Å²) in [5, 5.41) is 0. The van der Waals surface area contributed by atoms with Gasteiger partial charge < -0.3 is 10.5 Å². The number of nitrogens with two attached hydrogens (primary N) is 1. The summed E-state index contributed by atoms with van der Waals surface area (Å²) in [6, 6.07) is 15.7. The molecule has 2 rings (SSSR count). The van der Waals surface area contributed by atoms with E-state index in [2.05, 4.69) is 0 Å². The summed E-state index contributed by atoms with van der Waals surface area (Å²) >= 11 is 4.98. The van der Waals surface area contributed by atoms with E-state index >= 15 is 0 Å².